The van der Waals surface area contributed by atoms with E-state index >= 15 is 0 Å². The molecule has 1 aliphatic heterocycles. The molecule has 0 aromatic heterocycles. The first-order valence-electron chi connectivity index (χ1n) is 13.0. The molecular formula is C31H37O6P. The predicted octanol–water partition coefficient (Wildman–Crippen LogP) is 6.98. The SMILES string of the molecule is COC(=O)CC1COc2cc(OCc3cccc(-c4c(C)cc(OCCCP(C)(C)=O)cc4C)c3)ccc21. The Morgan fingerprint density at radius 1 is 1.00 bits per heavy atom. The van der Waals surface area contributed by atoms with Gasteiger partial charge in [-0.25, -0.2) is 0 Å². The van der Waals surface area contributed by atoms with Crippen LogP contribution in [0, 0.1) is 13.8 Å². The number of methoxy groups -OCH3 is 1. The molecule has 38 heavy (non-hydrogen) atoms. The summed E-state index contributed by atoms with van der Waals surface area (Å²) in [4.78, 5) is 11.7. The number of rotatable bonds is 11. The Morgan fingerprint density at radius 3 is 2.47 bits per heavy atom. The van der Waals surface area contributed by atoms with Gasteiger partial charge in [-0.2, -0.15) is 0 Å². The summed E-state index contributed by atoms with van der Waals surface area (Å²) in [6.45, 7) is 9.30. The number of ether oxygens (including phenoxy) is 4. The number of hydrogen-bond donors (Lipinski definition) is 0. The molecule has 0 bridgehead atoms. The summed E-state index contributed by atoms with van der Waals surface area (Å²) in [5, 5.41) is 0. The quantitative estimate of drug-likeness (QED) is 0.150. The highest BCUT2D eigenvalue weighted by Gasteiger charge is 2.27. The van der Waals surface area contributed by atoms with Gasteiger partial charge in [0.15, 0.2) is 0 Å². The van der Waals surface area contributed by atoms with Crippen LogP contribution in [-0.2, 0) is 20.7 Å². The van der Waals surface area contributed by atoms with Crippen LogP contribution in [0.1, 0.15) is 41.0 Å². The number of fused-ring (bicyclic) bond motifs is 1. The van der Waals surface area contributed by atoms with E-state index in [-0.39, 0.29) is 11.9 Å². The number of carbonyl (C=O) groups excluding carboxylic acids is 1. The van der Waals surface area contributed by atoms with Crippen molar-refractivity contribution >= 4 is 13.1 Å². The molecule has 1 aliphatic rings. The Balaban J connectivity index is 1.40. The molecule has 0 N–H and O–H groups in total. The van der Waals surface area contributed by atoms with Crippen molar-refractivity contribution < 1.29 is 28.3 Å². The van der Waals surface area contributed by atoms with Gasteiger partial charge in [-0.05, 0) is 85.7 Å². The van der Waals surface area contributed by atoms with Gasteiger partial charge in [0, 0.05) is 23.7 Å². The largest absolute Gasteiger partial charge is 0.494 e. The Kier molecular flexibility index (Phi) is 8.83. The fraction of sp³-hybridized carbons (Fsp3) is 0.387. The second-order valence-electron chi connectivity index (χ2n) is 10.4. The van der Waals surface area contributed by atoms with Crippen molar-refractivity contribution in [2.45, 2.75) is 39.2 Å². The fourth-order valence-corrected chi connectivity index (χ4v) is 5.77. The van der Waals surface area contributed by atoms with Crippen molar-refractivity contribution in [1.82, 2.24) is 0 Å². The molecule has 1 unspecified atom stereocenters. The Morgan fingerprint density at radius 2 is 1.76 bits per heavy atom. The minimum absolute atomic E-state index is 0.0118. The number of aryl methyl sites for hydroxylation is 2. The zero-order valence-electron chi connectivity index (χ0n) is 22.9. The number of carbonyl (C=O) groups is 1. The summed E-state index contributed by atoms with van der Waals surface area (Å²) in [5.74, 6) is 2.11. The summed E-state index contributed by atoms with van der Waals surface area (Å²) in [6.07, 6.45) is 1.80. The van der Waals surface area contributed by atoms with Crippen molar-refractivity contribution in [2.24, 2.45) is 0 Å². The number of esters is 1. The number of hydrogen-bond acceptors (Lipinski definition) is 6. The molecule has 0 spiro atoms. The van der Waals surface area contributed by atoms with E-state index < -0.39 is 7.14 Å². The maximum Gasteiger partial charge on any atom is 0.306 e. The molecule has 3 aromatic rings. The van der Waals surface area contributed by atoms with Crippen molar-refractivity contribution in [2.75, 3.05) is 39.8 Å². The molecule has 0 amide bonds. The van der Waals surface area contributed by atoms with Gasteiger partial charge in [0.1, 0.15) is 23.9 Å². The molecule has 6 nitrogen and oxygen atoms in total. The van der Waals surface area contributed by atoms with E-state index in [1.54, 1.807) is 0 Å². The molecule has 7 heteroatoms. The third-order valence-corrected chi connectivity index (χ3v) is 8.14. The van der Waals surface area contributed by atoms with E-state index in [9.17, 15) is 9.36 Å². The molecule has 1 atom stereocenters. The normalized spacial score (nSPS) is 14.5. The molecule has 0 aliphatic carbocycles. The predicted molar refractivity (Wildman–Crippen MR) is 151 cm³/mol. The van der Waals surface area contributed by atoms with E-state index in [0.29, 0.717) is 32.4 Å². The van der Waals surface area contributed by atoms with Gasteiger partial charge in [0.2, 0.25) is 0 Å². The minimum Gasteiger partial charge on any atom is -0.494 e. The molecule has 202 valence electrons. The summed E-state index contributed by atoms with van der Waals surface area (Å²) < 4.78 is 34.5. The van der Waals surface area contributed by atoms with Gasteiger partial charge in [0.25, 0.3) is 0 Å². The van der Waals surface area contributed by atoms with Gasteiger partial charge in [-0.3, -0.25) is 4.79 Å². The van der Waals surface area contributed by atoms with Gasteiger partial charge < -0.3 is 23.5 Å². The smallest absolute Gasteiger partial charge is 0.306 e. The van der Waals surface area contributed by atoms with Crippen LogP contribution in [0.2, 0.25) is 0 Å². The molecular weight excluding hydrogens is 499 g/mol. The topological polar surface area (TPSA) is 71.1 Å². The monoisotopic (exact) mass is 536 g/mol. The zero-order valence-corrected chi connectivity index (χ0v) is 23.8. The highest BCUT2D eigenvalue weighted by atomic mass is 31.2. The first-order chi connectivity index (χ1) is 18.1. The molecule has 4 rings (SSSR count). The Hall–Kier alpha value is -3.24. The lowest BCUT2D eigenvalue weighted by Gasteiger charge is -2.15. The van der Waals surface area contributed by atoms with Gasteiger partial charge in [-0.1, -0.05) is 24.3 Å². The highest BCUT2D eigenvalue weighted by molar-refractivity contribution is 7.62. The van der Waals surface area contributed by atoms with Crippen LogP contribution in [0.15, 0.2) is 54.6 Å². The summed E-state index contributed by atoms with van der Waals surface area (Å²) in [7, 11) is -0.606. The summed E-state index contributed by atoms with van der Waals surface area (Å²) in [6, 6.07) is 18.3. The van der Waals surface area contributed by atoms with Crippen LogP contribution in [0.25, 0.3) is 11.1 Å². The first-order valence-corrected chi connectivity index (χ1v) is 15.8. The van der Waals surface area contributed by atoms with Crippen LogP contribution >= 0.6 is 7.14 Å². The lowest BCUT2D eigenvalue weighted by Crippen LogP contribution is -2.09. The minimum atomic E-state index is -2.01. The average Bonchev–Trinajstić information content (AvgIpc) is 3.26. The standard InChI is InChI=1S/C31H37O6P/c1-21-14-27(35-12-7-13-38(4,5)33)15-22(2)31(21)24-9-6-8-23(16-24)19-36-26-10-11-28-25(17-30(32)34-3)20-37-29(28)18-26/h6,8-11,14-16,18,25H,7,12-13,17,19-20H2,1-5H3. The van der Waals surface area contributed by atoms with E-state index in [2.05, 4.69) is 44.2 Å². The third kappa shape index (κ3) is 7.20. The lowest BCUT2D eigenvalue weighted by atomic mass is 9.94. The van der Waals surface area contributed by atoms with Crippen LogP contribution in [0.5, 0.6) is 17.2 Å². The van der Waals surface area contributed by atoms with Crippen LogP contribution in [0.3, 0.4) is 0 Å². The Bertz CT molecular complexity index is 1320. The van der Waals surface area contributed by atoms with Gasteiger partial charge >= 0.3 is 5.97 Å². The maximum absolute atomic E-state index is 11.9. The van der Waals surface area contributed by atoms with E-state index in [1.807, 2.05) is 37.6 Å². The van der Waals surface area contributed by atoms with Crippen molar-refractivity contribution in [3.8, 4) is 28.4 Å². The second-order valence-corrected chi connectivity index (χ2v) is 14.0. The van der Waals surface area contributed by atoms with Crippen LogP contribution < -0.4 is 14.2 Å². The zero-order chi connectivity index (χ0) is 27.3. The van der Waals surface area contributed by atoms with Crippen molar-refractivity contribution in [1.29, 1.82) is 0 Å². The van der Waals surface area contributed by atoms with Crippen molar-refractivity contribution in [3.05, 3.63) is 76.9 Å². The number of benzene rings is 3. The molecule has 3 aromatic carbocycles. The van der Waals surface area contributed by atoms with Crippen LogP contribution in [-0.4, -0.2) is 45.8 Å². The van der Waals surface area contributed by atoms with Gasteiger partial charge in [-0.15, -0.1) is 0 Å². The van der Waals surface area contributed by atoms with E-state index in [1.165, 1.54) is 12.7 Å². The second kappa shape index (κ2) is 12.1. The molecule has 0 saturated carbocycles. The lowest BCUT2D eigenvalue weighted by molar-refractivity contribution is -0.141. The van der Waals surface area contributed by atoms with E-state index in [4.69, 9.17) is 18.9 Å². The fourth-order valence-electron chi connectivity index (χ4n) is 4.88. The van der Waals surface area contributed by atoms with Crippen LogP contribution in [0.4, 0.5) is 0 Å². The molecule has 0 saturated heterocycles. The Labute approximate surface area is 225 Å². The average molecular weight is 537 g/mol. The molecule has 0 radical (unpaired) electrons. The van der Waals surface area contributed by atoms with Gasteiger partial charge in [0.05, 0.1) is 33.9 Å². The highest BCUT2D eigenvalue weighted by Crippen LogP contribution is 2.39. The molecule has 0 fully saturated rings. The summed E-state index contributed by atoms with van der Waals surface area (Å²) in [5.41, 5.74) is 6.69. The summed E-state index contributed by atoms with van der Waals surface area (Å²) >= 11 is 0. The van der Waals surface area contributed by atoms with E-state index in [0.717, 1.165) is 51.5 Å². The van der Waals surface area contributed by atoms with Crippen molar-refractivity contribution in [3.63, 3.8) is 0 Å². The maximum atomic E-state index is 11.9. The molecule has 1 heterocycles. The first kappa shape index (κ1) is 27.8. The third-order valence-electron chi connectivity index (χ3n) is 6.74.